The molecule has 0 radical (unpaired) electrons. The normalized spacial score (nSPS) is 11.6. The minimum Gasteiger partial charge on any atom is -0.475 e. The van der Waals surface area contributed by atoms with Gasteiger partial charge in [0.25, 0.3) is 0 Å². The zero-order valence-corrected chi connectivity index (χ0v) is 24.4. The van der Waals surface area contributed by atoms with Gasteiger partial charge >= 0.3 is 18.1 Å². The molecule has 0 unspecified atom stereocenters. The molecule has 4 rings (SSSR count). The van der Waals surface area contributed by atoms with Crippen molar-refractivity contribution in [2.45, 2.75) is 31.5 Å². The first-order valence-corrected chi connectivity index (χ1v) is 14.4. The highest BCUT2D eigenvalue weighted by Gasteiger charge is 2.38. The molecule has 1 heterocycles. The average Bonchev–Trinajstić information content (AvgIpc) is 3.36. The topological polar surface area (TPSA) is 167 Å². The molecule has 0 aliphatic heterocycles. The van der Waals surface area contributed by atoms with Gasteiger partial charge in [0, 0.05) is 30.1 Å². The lowest BCUT2D eigenvalue weighted by molar-refractivity contribution is -0.192. The number of benzene rings is 3. The number of halogens is 3. The zero-order chi connectivity index (χ0) is 32.7. The Balaban J connectivity index is 0.000000676. The second-order valence-electron chi connectivity index (χ2n) is 9.43. The predicted molar refractivity (Wildman–Crippen MR) is 158 cm³/mol. The van der Waals surface area contributed by atoms with Crippen LogP contribution in [0.4, 0.5) is 13.2 Å². The highest BCUT2D eigenvalue weighted by molar-refractivity contribution is 7.89. The van der Waals surface area contributed by atoms with Crippen molar-refractivity contribution in [3.8, 4) is 22.3 Å². The SMILES string of the molecule is CCOC(=O)c1cn(Cc2cccc(C=NN)c2)cc1-c1ccc(-c2cc(C)ccc2S(N)(=O)=O)cc1.O=C(O)C(F)(F)F. The van der Waals surface area contributed by atoms with Gasteiger partial charge in [-0.05, 0) is 48.2 Å². The van der Waals surface area contributed by atoms with Crippen LogP contribution in [0, 0.1) is 6.92 Å². The van der Waals surface area contributed by atoms with Gasteiger partial charge in [-0.3, -0.25) is 0 Å². The van der Waals surface area contributed by atoms with Gasteiger partial charge in [0.1, 0.15) is 0 Å². The highest BCUT2D eigenvalue weighted by atomic mass is 32.2. The van der Waals surface area contributed by atoms with Crippen LogP contribution in [0.3, 0.4) is 0 Å². The van der Waals surface area contributed by atoms with E-state index in [9.17, 15) is 26.4 Å². The molecule has 0 saturated carbocycles. The number of aromatic nitrogens is 1. The molecule has 0 spiro atoms. The Morgan fingerprint density at radius 1 is 1.00 bits per heavy atom. The van der Waals surface area contributed by atoms with Gasteiger partial charge in [0.05, 0.1) is 23.3 Å². The Morgan fingerprint density at radius 3 is 2.16 bits per heavy atom. The summed E-state index contributed by atoms with van der Waals surface area (Å²) in [4.78, 5) is 21.7. The van der Waals surface area contributed by atoms with Gasteiger partial charge in [-0.2, -0.15) is 18.3 Å². The first kappa shape index (κ1) is 33.6. The fourth-order valence-electron chi connectivity index (χ4n) is 4.22. The maximum atomic E-state index is 12.8. The third-order valence-electron chi connectivity index (χ3n) is 6.11. The van der Waals surface area contributed by atoms with Gasteiger partial charge in [0.15, 0.2) is 0 Å². The number of rotatable bonds is 8. The number of aryl methyl sites for hydroxylation is 1. The molecule has 10 nitrogen and oxygen atoms in total. The average molecular weight is 631 g/mol. The van der Waals surface area contributed by atoms with Crippen LogP contribution >= 0.6 is 0 Å². The number of alkyl halides is 3. The molecule has 0 saturated heterocycles. The molecular formula is C30H29F3N4O6S. The minimum absolute atomic E-state index is 0.0612. The molecular weight excluding hydrogens is 601 g/mol. The fraction of sp³-hybridized carbons (Fsp3) is 0.167. The molecule has 0 atom stereocenters. The van der Waals surface area contributed by atoms with E-state index in [4.69, 9.17) is 25.6 Å². The summed E-state index contributed by atoms with van der Waals surface area (Å²) in [6, 6.07) is 20.1. The number of carboxylic acid groups (broad SMARTS) is 1. The van der Waals surface area contributed by atoms with Crippen molar-refractivity contribution in [2.75, 3.05) is 6.61 Å². The quantitative estimate of drug-likeness (QED) is 0.107. The fourth-order valence-corrected chi connectivity index (χ4v) is 4.96. The molecule has 5 N–H and O–H groups in total. The number of primary sulfonamides is 1. The van der Waals surface area contributed by atoms with Gasteiger partial charge in [-0.25, -0.2) is 23.1 Å². The summed E-state index contributed by atoms with van der Waals surface area (Å²) in [5, 5.41) is 16.1. The number of hydrogen-bond donors (Lipinski definition) is 3. The van der Waals surface area contributed by atoms with Crippen molar-refractivity contribution >= 4 is 28.2 Å². The van der Waals surface area contributed by atoms with Gasteiger partial charge in [-0.1, -0.05) is 60.2 Å². The van der Waals surface area contributed by atoms with E-state index in [0.29, 0.717) is 28.8 Å². The molecule has 14 heteroatoms. The number of hydrogen-bond acceptors (Lipinski definition) is 7. The smallest absolute Gasteiger partial charge is 0.475 e. The van der Waals surface area contributed by atoms with Gasteiger partial charge < -0.3 is 20.3 Å². The van der Waals surface area contributed by atoms with Crippen LogP contribution in [-0.2, 0) is 26.1 Å². The largest absolute Gasteiger partial charge is 0.490 e. The van der Waals surface area contributed by atoms with E-state index in [0.717, 1.165) is 22.3 Å². The van der Waals surface area contributed by atoms with Crippen molar-refractivity contribution in [1.29, 1.82) is 0 Å². The number of nitrogens with two attached hydrogens (primary N) is 2. The highest BCUT2D eigenvalue weighted by Crippen LogP contribution is 2.32. The van der Waals surface area contributed by atoms with E-state index in [1.54, 1.807) is 31.5 Å². The van der Waals surface area contributed by atoms with Crippen molar-refractivity contribution in [3.63, 3.8) is 0 Å². The lowest BCUT2D eigenvalue weighted by Gasteiger charge is -2.10. The Hall–Kier alpha value is -4.95. The molecule has 0 fully saturated rings. The molecule has 0 bridgehead atoms. The number of nitrogens with zero attached hydrogens (tertiary/aromatic N) is 2. The molecule has 4 aromatic rings. The number of carbonyl (C=O) groups excluding carboxylic acids is 1. The molecule has 0 amide bonds. The minimum atomic E-state index is -5.08. The summed E-state index contributed by atoms with van der Waals surface area (Å²) in [6.07, 6.45) is 0.156. The zero-order valence-electron chi connectivity index (χ0n) is 23.6. The molecule has 1 aromatic heterocycles. The van der Waals surface area contributed by atoms with Crippen LogP contribution in [0.25, 0.3) is 22.3 Å². The summed E-state index contributed by atoms with van der Waals surface area (Å²) in [5.41, 5.74) is 5.97. The summed E-state index contributed by atoms with van der Waals surface area (Å²) in [7, 11) is -3.90. The Morgan fingerprint density at radius 2 is 1.61 bits per heavy atom. The number of hydrazone groups is 1. The van der Waals surface area contributed by atoms with Gasteiger partial charge in [-0.15, -0.1) is 0 Å². The predicted octanol–water partition coefficient (Wildman–Crippen LogP) is 4.93. The first-order chi connectivity index (χ1) is 20.6. The summed E-state index contributed by atoms with van der Waals surface area (Å²) < 4.78 is 63.2. The monoisotopic (exact) mass is 630 g/mol. The van der Waals surface area contributed by atoms with Gasteiger partial charge in [0.2, 0.25) is 10.0 Å². The third-order valence-corrected chi connectivity index (χ3v) is 7.08. The van der Waals surface area contributed by atoms with Crippen molar-refractivity contribution in [3.05, 3.63) is 101 Å². The lowest BCUT2D eigenvalue weighted by Crippen LogP contribution is -2.21. The molecule has 232 valence electrons. The van der Waals surface area contributed by atoms with Crippen LogP contribution in [-0.4, -0.2) is 49.0 Å². The van der Waals surface area contributed by atoms with Crippen LogP contribution in [0.5, 0.6) is 0 Å². The second-order valence-corrected chi connectivity index (χ2v) is 11.0. The number of ether oxygens (including phenoxy) is 1. The first-order valence-electron chi connectivity index (χ1n) is 12.9. The summed E-state index contributed by atoms with van der Waals surface area (Å²) in [5.74, 6) is 2.10. The van der Waals surface area contributed by atoms with Crippen LogP contribution in [0.15, 0.2) is 89.1 Å². The number of aliphatic carboxylic acids is 1. The maximum Gasteiger partial charge on any atom is 0.490 e. The molecule has 0 aliphatic rings. The second kappa shape index (κ2) is 14.0. The number of carbonyl (C=O) groups is 2. The van der Waals surface area contributed by atoms with Crippen LogP contribution in [0.2, 0.25) is 0 Å². The molecule has 3 aromatic carbocycles. The van der Waals surface area contributed by atoms with Crippen LogP contribution in [0.1, 0.15) is 34.0 Å². The number of carboxylic acids is 1. The van der Waals surface area contributed by atoms with E-state index in [2.05, 4.69) is 5.10 Å². The van der Waals surface area contributed by atoms with E-state index >= 15 is 0 Å². The maximum absolute atomic E-state index is 12.8. The van der Waals surface area contributed by atoms with Crippen LogP contribution < -0.4 is 11.0 Å². The summed E-state index contributed by atoms with van der Waals surface area (Å²) >= 11 is 0. The standard InChI is InChI=1S/C28H28N4O4S.C2HF3O2/c1-3-36-28(33)26-18-32(16-21-6-4-5-20(14-21)15-31-29)17-25(26)23-10-8-22(9-11-23)24-13-19(2)7-12-27(24)37(30,34)35;3-2(4,5)1(6)7/h4-15,17-18H,3,16,29H2,1-2H3,(H2,30,34,35);(H,6,7). The Kier molecular flexibility index (Phi) is 10.7. The van der Waals surface area contributed by atoms with E-state index in [1.807, 2.05) is 66.2 Å². The van der Waals surface area contributed by atoms with E-state index in [1.165, 1.54) is 6.07 Å². The number of sulfonamides is 1. The lowest BCUT2D eigenvalue weighted by atomic mass is 9.99. The molecule has 0 aliphatic carbocycles. The van der Waals surface area contributed by atoms with Crippen molar-refractivity contribution < 1.29 is 41.0 Å². The van der Waals surface area contributed by atoms with E-state index < -0.39 is 28.1 Å². The summed E-state index contributed by atoms with van der Waals surface area (Å²) in [6.45, 7) is 4.43. The Bertz CT molecular complexity index is 1780. The number of esters is 1. The van der Waals surface area contributed by atoms with E-state index in [-0.39, 0.29) is 11.5 Å². The Labute approximate surface area is 251 Å². The molecule has 44 heavy (non-hydrogen) atoms. The third kappa shape index (κ3) is 8.78. The van der Waals surface area contributed by atoms with Crippen molar-refractivity contribution in [2.24, 2.45) is 16.1 Å². The van der Waals surface area contributed by atoms with Crippen molar-refractivity contribution in [1.82, 2.24) is 4.57 Å².